The lowest BCUT2D eigenvalue weighted by atomic mass is 10.0. The molecule has 22 heavy (non-hydrogen) atoms. The summed E-state index contributed by atoms with van der Waals surface area (Å²) >= 11 is 0. The predicted octanol–water partition coefficient (Wildman–Crippen LogP) is 3.07. The van der Waals surface area contributed by atoms with Crippen LogP contribution in [0.1, 0.15) is 29.5 Å². The molecule has 1 aliphatic rings. The predicted molar refractivity (Wildman–Crippen MR) is 89.8 cm³/mol. The van der Waals surface area contributed by atoms with Gasteiger partial charge in [-0.05, 0) is 60.9 Å². The van der Waals surface area contributed by atoms with E-state index in [0.717, 1.165) is 24.9 Å². The van der Waals surface area contributed by atoms with Gasteiger partial charge in [0, 0.05) is 5.69 Å². The quantitative estimate of drug-likeness (QED) is 0.890. The van der Waals surface area contributed by atoms with E-state index in [0.29, 0.717) is 6.42 Å². The van der Waals surface area contributed by atoms with E-state index in [1.807, 2.05) is 24.3 Å². The lowest BCUT2D eigenvalue weighted by molar-refractivity contribution is -0.117. The molecule has 1 atom stereocenters. The van der Waals surface area contributed by atoms with Gasteiger partial charge in [-0.15, -0.1) is 0 Å². The number of carbonyl (C=O) groups excluding carboxylic acids is 1. The van der Waals surface area contributed by atoms with Crippen molar-refractivity contribution in [1.82, 2.24) is 0 Å². The van der Waals surface area contributed by atoms with Crippen LogP contribution < -0.4 is 11.1 Å². The average molecular weight is 294 g/mol. The largest absolute Gasteiger partial charge is 0.325 e. The number of fused-ring (bicyclic) bond motifs is 1. The van der Waals surface area contributed by atoms with Gasteiger partial charge < -0.3 is 11.1 Å². The minimum Gasteiger partial charge on any atom is -0.325 e. The van der Waals surface area contributed by atoms with E-state index < -0.39 is 6.04 Å². The smallest absolute Gasteiger partial charge is 0.241 e. The first kappa shape index (κ1) is 14.8. The van der Waals surface area contributed by atoms with Crippen LogP contribution in [0.25, 0.3) is 0 Å². The normalized spacial score (nSPS) is 14.4. The summed E-state index contributed by atoms with van der Waals surface area (Å²) in [6, 6.07) is 15.8. The molecule has 0 spiro atoms. The zero-order valence-electron chi connectivity index (χ0n) is 12.7. The molecule has 2 aromatic rings. The second kappa shape index (κ2) is 6.75. The molecule has 3 rings (SSSR count). The molecule has 114 valence electrons. The van der Waals surface area contributed by atoms with Gasteiger partial charge in [0.25, 0.3) is 0 Å². The molecule has 0 aromatic heterocycles. The lowest BCUT2D eigenvalue weighted by Crippen LogP contribution is -2.36. The van der Waals surface area contributed by atoms with Crippen molar-refractivity contribution in [2.45, 2.75) is 38.1 Å². The molecule has 0 fully saturated rings. The topological polar surface area (TPSA) is 55.1 Å². The summed E-state index contributed by atoms with van der Waals surface area (Å²) in [5.74, 6) is -0.103. The van der Waals surface area contributed by atoms with Crippen molar-refractivity contribution >= 4 is 11.6 Å². The summed E-state index contributed by atoms with van der Waals surface area (Å²) in [4.78, 5) is 12.2. The molecule has 0 heterocycles. The number of aryl methyl sites for hydroxylation is 3. The minimum atomic E-state index is -0.478. The van der Waals surface area contributed by atoms with Crippen LogP contribution in [-0.2, 0) is 24.1 Å². The van der Waals surface area contributed by atoms with Crippen LogP contribution >= 0.6 is 0 Å². The van der Waals surface area contributed by atoms with Crippen molar-refractivity contribution in [2.24, 2.45) is 5.73 Å². The fraction of sp³-hybridized carbons (Fsp3) is 0.316. The Labute approximate surface area is 131 Å². The van der Waals surface area contributed by atoms with Crippen molar-refractivity contribution < 1.29 is 4.79 Å². The average Bonchev–Trinajstić information content (AvgIpc) is 3.01. The Hall–Kier alpha value is -2.13. The Kier molecular flexibility index (Phi) is 4.54. The summed E-state index contributed by atoms with van der Waals surface area (Å²) in [6.07, 6.45) is 4.95. The number of hydrogen-bond acceptors (Lipinski definition) is 2. The van der Waals surface area contributed by atoms with Crippen molar-refractivity contribution in [3.63, 3.8) is 0 Å². The Bertz CT molecular complexity index is 652. The van der Waals surface area contributed by atoms with Crippen molar-refractivity contribution in [1.29, 1.82) is 0 Å². The summed E-state index contributed by atoms with van der Waals surface area (Å²) in [6.45, 7) is 0. The molecule has 3 N–H and O–H groups in total. The maximum Gasteiger partial charge on any atom is 0.241 e. The van der Waals surface area contributed by atoms with Gasteiger partial charge in [-0.1, -0.05) is 36.4 Å². The Morgan fingerprint density at radius 2 is 1.86 bits per heavy atom. The zero-order valence-corrected chi connectivity index (χ0v) is 12.7. The van der Waals surface area contributed by atoms with E-state index >= 15 is 0 Å². The number of carbonyl (C=O) groups is 1. The minimum absolute atomic E-state index is 0.103. The van der Waals surface area contributed by atoms with Gasteiger partial charge in [0.2, 0.25) is 5.91 Å². The van der Waals surface area contributed by atoms with Crippen LogP contribution in [-0.4, -0.2) is 11.9 Å². The number of amides is 1. The highest BCUT2D eigenvalue weighted by Gasteiger charge is 2.15. The standard InChI is InChI=1S/C19H22N2O/c20-18(12-9-14-5-2-1-3-6-14)19(22)21-17-11-10-15-7-4-8-16(15)13-17/h1-3,5-6,10-11,13,18H,4,7-9,12,20H2,(H,21,22). The van der Waals surface area contributed by atoms with E-state index in [2.05, 4.69) is 29.6 Å². The highest BCUT2D eigenvalue weighted by atomic mass is 16.2. The van der Waals surface area contributed by atoms with Crippen LogP contribution in [0.15, 0.2) is 48.5 Å². The van der Waals surface area contributed by atoms with Crippen LogP contribution in [0, 0.1) is 0 Å². The van der Waals surface area contributed by atoms with E-state index in [4.69, 9.17) is 5.73 Å². The number of hydrogen-bond donors (Lipinski definition) is 2. The molecule has 0 saturated heterocycles. The van der Waals surface area contributed by atoms with E-state index in [1.54, 1.807) is 0 Å². The first-order valence-corrected chi connectivity index (χ1v) is 7.94. The van der Waals surface area contributed by atoms with E-state index in [-0.39, 0.29) is 5.91 Å². The maximum atomic E-state index is 12.2. The van der Waals surface area contributed by atoms with Gasteiger partial charge in [0.05, 0.1) is 6.04 Å². The number of nitrogens with two attached hydrogens (primary N) is 1. The third kappa shape index (κ3) is 3.55. The van der Waals surface area contributed by atoms with Crippen LogP contribution in [0.3, 0.4) is 0 Å². The van der Waals surface area contributed by atoms with Crippen molar-refractivity contribution in [3.8, 4) is 0 Å². The number of anilines is 1. The Morgan fingerprint density at radius 1 is 1.09 bits per heavy atom. The van der Waals surface area contributed by atoms with Gasteiger partial charge in [0.1, 0.15) is 0 Å². The molecular formula is C19H22N2O. The van der Waals surface area contributed by atoms with Crippen LogP contribution in [0.2, 0.25) is 0 Å². The molecule has 0 bridgehead atoms. The first-order chi connectivity index (χ1) is 10.7. The van der Waals surface area contributed by atoms with Gasteiger partial charge >= 0.3 is 0 Å². The summed E-state index contributed by atoms with van der Waals surface area (Å²) < 4.78 is 0. The molecule has 1 aliphatic carbocycles. The fourth-order valence-electron chi connectivity index (χ4n) is 2.98. The molecule has 0 saturated carbocycles. The van der Waals surface area contributed by atoms with Gasteiger partial charge in [-0.2, -0.15) is 0 Å². The van der Waals surface area contributed by atoms with E-state index in [1.165, 1.54) is 23.1 Å². The van der Waals surface area contributed by atoms with Gasteiger partial charge in [-0.25, -0.2) is 0 Å². The summed E-state index contributed by atoms with van der Waals surface area (Å²) in [5.41, 5.74) is 10.9. The molecule has 3 heteroatoms. The second-order valence-corrected chi connectivity index (χ2v) is 5.96. The SMILES string of the molecule is NC(CCc1ccccc1)C(=O)Nc1ccc2c(c1)CCC2. The first-order valence-electron chi connectivity index (χ1n) is 7.94. The van der Waals surface area contributed by atoms with Crippen molar-refractivity contribution in [2.75, 3.05) is 5.32 Å². The Morgan fingerprint density at radius 3 is 2.68 bits per heavy atom. The molecule has 2 aromatic carbocycles. The zero-order chi connectivity index (χ0) is 15.4. The number of nitrogens with one attached hydrogen (secondary N) is 1. The van der Waals surface area contributed by atoms with Crippen molar-refractivity contribution in [3.05, 3.63) is 65.2 Å². The third-order valence-corrected chi connectivity index (χ3v) is 4.29. The third-order valence-electron chi connectivity index (χ3n) is 4.29. The Balaban J connectivity index is 1.55. The molecule has 0 radical (unpaired) electrons. The fourth-order valence-corrected chi connectivity index (χ4v) is 2.98. The number of rotatable bonds is 5. The van der Waals surface area contributed by atoms with Gasteiger partial charge in [0.15, 0.2) is 0 Å². The van der Waals surface area contributed by atoms with Crippen LogP contribution in [0.5, 0.6) is 0 Å². The summed E-state index contributed by atoms with van der Waals surface area (Å²) in [7, 11) is 0. The molecule has 1 unspecified atom stereocenters. The number of benzene rings is 2. The second-order valence-electron chi connectivity index (χ2n) is 5.96. The monoisotopic (exact) mass is 294 g/mol. The molecular weight excluding hydrogens is 272 g/mol. The highest BCUT2D eigenvalue weighted by Crippen LogP contribution is 2.24. The molecule has 3 nitrogen and oxygen atoms in total. The lowest BCUT2D eigenvalue weighted by Gasteiger charge is -2.13. The maximum absolute atomic E-state index is 12.2. The van der Waals surface area contributed by atoms with Gasteiger partial charge in [-0.3, -0.25) is 4.79 Å². The summed E-state index contributed by atoms with van der Waals surface area (Å²) in [5, 5.41) is 2.94. The molecule has 0 aliphatic heterocycles. The highest BCUT2D eigenvalue weighted by molar-refractivity contribution is 5.94. The van der Waals surface area contributed by atoms with Crippen LogP contribution in [0.4, 0.5) is 5.69 Å². The molecule has 1 amide bonds. The van der Waals surface area contributed by atoms with E-state index in [9.17, 15) is 4.79 Å².